The summed E-state index contributed by atoms with van der Waals surface area (Å²) in [7, 11) is 0. The summed E-state index contributed by atoms with van der Waals surface area (Å²) < 4.78 is 11.3. The smallest absolute Gasteiger partial charge is 0.161 e. The van der Waals surface area contributed by atoms with E-state index in [2.05, 4.69) is 35.6 Å². The molecule has 0 fully saturated rings. The second kappa shape index (κ2) is 4.75. The molecule has 0 aliphatic carbocycles. The van der Waals surface area contributed by atoms with Crippen molar-refractivity contribution < 1.29 is 9.47 Å². The highest BCUT2D eigenvalue weighted by Gasteiger charge is 2.16. The first-order chi connectivity index (χ1) is 9.92. The Kier molecular flexibility index (Phi) is 2.76. The molecule has 1 N–H and O–H groups in total. The predicted molar refractivity (Wildman–Crippen MR) is 79.7 cm³/mol. The van der Waals surface area contributed by atoms with E-state index in [1.165, 1.54) is 28.8 Å². The van der Waals surface area contributed by atoms with E-state index in [4.69, 9.17) is 9.47 Å². The molecule has 0 aromatic heterocycles. The maximum atomic E-state index is 5.68. The van der Waals surface area contributed by atoms with Crippen molar-refractivity contribution in [2.24, 2.45) is 0 Å². The maximum Gasteiger partial charge on any atom is 0.161 e. The molecular weight excluding hydrogens is 250 g/mol. The lowest BCUT2D eigenvalue weighted by Gasteiger charge is -2.23. The van der Waals surface area contributed by atoms with Crippen molar-refractivity contribution >= 4 is 5.69 Å². The van der Waals surface area contributed by atoms with Gasteiger partial charge in [-0.05, 0) is 36.1 Å². The number of hydrogen-bond acceptors (Lipinski definition) is 3. The Balaban J connectivity index is 1.81. The van der Waals surface area contributed by atoms with Crippen LogP contribution in [0.3, 0.4) is 0 Å². The second-order valence-electron chi connectivity index (χ2n) is 5.23. The summed E-state index contributed by atoms with van der Waals surface area (Å²) in [4.78, 5) is 0. The Morgan fingerprint density at radius 1 is 0.950 bits per heavy atom. The van der Waals surface area contributed by atoms with Gasteiger partial charge in [0.15, 0.2) is 11.5 Å². The lowest BCUT2D eigenvalue weighted by atomic mass is 9.95. The van der Waals surface area contributed by atoms with Crippen LogP contribution < -0.4 is 14.8 Å². The summed E-state index contributed by atoms with van der Waals surface area (Å²) in [5.41, 5.74) is 5.11. The van der Waals surface area contributed by atoms with Gasteiger partial charge in [-0.3, -0.25) is 0 Å². The average Bonchev–Trinajstić information content (AvgIpc) is 2.54. The standard InChI is InChI=1S/C17H17NO2/c1-3-12-4-2-8-18-17(12)14(5-1)13-6-7-15-16(11-13)20-10-9-19-15/h1,3,5-7,11,18H,2,4,8-10H2. The number of ether oxygens (including phenoxy) is 2. The van der Waals surface area contributed by atoms with Gasteiger partial charge in [-0.25, -0.2) is 0 Å². The Morgan fingerprint density at radius 2 is 1.85 bits per heavy atom. The predicted octanol–water partition coefficient (Wildman–Crippen LogP) is 3.48. The van der Waals surface area contributed by atoms with Gasteiger partial charge in [0.25, 0.3) is 0 Å². The van der Waals surface area contributed by atoms with Crippen LogP contribution in [-0.2, 0) is 6.42 Å². The molecule has 2 aliphatic heterocycles. The number of rotatable bonds is 1. The third-order valence-corrected chi connectivity index (χ3v) is 3.93. The van der Waals surface area contributed by atoms with E-state index >= 15 is 0 Å². The largest absolute Gasteiger partial charge is 0.486 e. The Labute approximate surface area is 118 Å². The van der Waals surface area contributed by atoms with Gasteiger partial charge in [-0.1, -0.05) is 24.3 Å². The molecule has 2 aliphatic rings. The van der Waals surface area contributed by atoms with Gasteiger partial charge in [0, 0.05) is 17.8 Å². The molecule has 2 aromatic carbocycles. The number of anilines is 1. The van der Waals surface area contributed by atoms with E-state index in [0.717, 1.165) is 24.5 Å². The zero-order chi connectivity index (χ0) is 13.4. The Morgan fingerprint density at radius 3 is 2.80 bits per heavy atom. The van der Waals surface area contributed by atoms with Gasteiger partial charge in [0.1, 0.15) is 13.2 Å². The minimum Gasteiger partial charge on any atom is -0.486 e. The SMILES string of the molecule is c1cc2c(c(-c3ccc4c(c3)OCCO4)c1)NCCC2. The first kappa shape index (κ1) is 11.6. The molecule has 0 saturated heterocycles. The fraction of sp³-hybridized carbons (Fsp3) is 0.294. The van der Waals surface area contributed by atoms with Crippen molar-refractivity contribution in [3.8, 4) is 22.6 Å². The van der Waals surface area contributed by atoms with Crippen LogP contribution in [-0.4, -0.2) is 19.8 Å². The number of fused-ring (bicyclic) bond motifs is 2. The maximum absolute atomic E-state index is 5.68. The zero-order valence-corrected chi connectivity index (χ0v) is 11.3. The molecule has 20 heavy (non-hydrogen) atoms. The molecule has 4 rings (SSSR count). The van der Waals surface area contributed by atoms with Crippen LogP contribution in [0, 0.1) is 0 Å². The summed E-state index contributed by atoms with van der Waals surface area (Å²) in [5.74, 6) is 1.69. The van der Waals surface area contributed by atoms with E-state index in [1.807, 2.05) is 6.07 Å². The molecule has 0 amide bonds. The minimum absolute atomic E-state index is 0.627. The summed E-state index contributed by atoms with van der Waals surface area (Å²) in [6.45, 7) is 2.31. The lowest BCUT2D eigenvalue weighted by molar-refractivity contribution is 0.171. The molecule has 0 radical (unpaired) electrons. The third-order valence-electron chi connectivity index (χ3n) is 3.93. The fourth-order valence-electron chi connectivity index (χ4n) is 2.96. The van der Waals surface area contributed by atoms with Crippen molar-refractivity contribution in [3.05, 3.63) is 42.0 Å². The number of aryl methyl sites for hydroxylation is 1. The average molecular weight is 267 g/mol. The van der Waals surface area contributed by atoms with Crippen molar-refractivity contribution in [3.63, 3.8) is 0 Å². The van der Waals surface area contributed by atoms with Gasteiger partial charge in [-0.2, -0.15) is 0 Å². The van der Waals surface area contributed by atoms with Crippen LogP contribution in [0.15, 0.2) is 36.4 Å². The van der Waals surface area contributed by atoms with E-state index in [1.54, 1.807) is 0 Å². The molecule has 0 saturated carbocycles. The quantitative estimate of drug-likeness (QED) is 0.858. The van der Waals surface area contributed by atoms with Crippen LogP contribution in [0.2, 0.25) is 0 Å². The van der Waals surface area contributed by atoms with E-state index < -0.39 is 0 Å². The highest BCUT2D eigenvalue weighted by molar-refractivity contribution is 5.82. The molecule has 0 spiro atoms. The van der Waals surface area contributed by atoms with Crippen LogP contribution in [0.1, 0.15) is 12.0 Å². The van der Waals surface area contributed by atoms with Crippen molar-refractivity contribution in [1.29, 1.82) is 0 Å². The van der Waals surface area contributed by atoms with E-state index in [0.29, 0.717) is 13.2 Å². The number of nitrogens with one attached hydrogen (secondary N) is 1. The number of para-hydroxylation sites is 1. The zero-order valence-electron chi connectivity index (χ0n) is 11.3. The first-order valence-corrected chi connectivity index (χ1v) is 7.17. The highest BCUT2D eigenvalue weighted by atomic mass is 16.6. The van der Waals surface area contributed by atoms with Gasteiger partial charge < -0.3 is 14.8 Å². The molecule has 0 bridgehead atoms. The lowest BCUT2D eigenvalue weighted by Crippen LogP contribution is -2.15. The molecule has 2 aromatic rings. The molecule has 0 atom stereocenters. The van der Waals surface area contributed by atoms with Gasteiger partial charge in [-0.15, -0.1) is 0 Å². The van der Waals surface area contributed by atoms with Crippen molar-refractivity contribution in [2.45, 2.75) is 12.8 Å². The Hall–Kier alpha value is -2.16. The summed E-state index contributed by atoms with van der Waals surface area (Å²) in [6, 6.07) is 12.7. The number of hydrogen-bond donors (Lipinski definition) is 1. The van der Waals surface area contributed by atoms with Crippen molar-refractivity contribution in [1.82, 2.24) is 0 Å². The summed E-state index contributed by atoms with van der Waals surface area (Å²) in [5, 5.41) is 3.54. The third kappa shape index (κ3) is 1.90. The minimum atomic E-state index is 0.627. The highest BCUT2D eigenvalue weighted by Crippen LogP contribution is 2.39. The fourth-order valence-corrected chi connectivity index (χ4v) is 2.96. The molecular formula is C17H17NO2. The van der Waals surface area contributed by atoms with Gasteiger partial charge >= 0.3 is 0 Å². The van der Waals surface area contributed by atoms with Gasteiger partial charge in [0.05, 0.1) is 0 Å². The molecule has 3 nitrogen and oxygen atoms in total. The van der Waals surface area contributed by atoms with E-state index in [-0.39, 0.29) is 0 Å². The summed E-state index contributed by atoms with van der Waals surface area (Å²) in [6.07, 6.45) is 2.36. The normalized spacial score (nSPS) is 16.2. The van der Waals surface area contributed by atoms with Crippen LogP contribution in [0.25, 0.3) is 11.1 Å². The molecule has 102 valence electrons. The Bertz CT molecular complexity index is 651. The topological polar surface area (TPSA) is 30.5 Å². The molecule has 3 heteroatoms. The van der Waals surface area contributed by atoms with Crippen LogP contribution >= 0.6 is 0 Å². The molecule has 2 heterocycles. The van der Waals surface area contributed by atoms with Crippen LogP contribution in [0.5, 0.6) is 11.5 Å². The second-order valence-corrected chi connectivity index (χ2v) is 5.23. The van der Waals surface area contributed by atoms with Crippen LogP contribution in [0.4, 0.5) is 5.69 Å². The monoisotopic (exact) mass is 267 g/mol. The van der Waals surface area contributed by atoms with Gasteiger partial charge in [0.2, 0.25) is 0 Å². The molecule has 0 unspecified atom stereocenters. The number of benzene rings is 2. The van der Waals surface area contributed by atoms with E-state index in [9.17, 15) is 0 Å². The first-order valence-electron chi connectivity index (χ1n) is 7.17. The summed E-state index contributed by atoms with van der Waals surface area (Å²) >= 11 is 0. The van der Waals surface area contributed by atoms with Crippen molar-refractivity contribution in [2.75, 3.05) is 25.1 Å².